The third-order valence-corrected chi connectivity index (χ3v) is 4.38. The van der Waals surface area contributed by atoms with Crippen LogP contribution < -0.4 is 15.0 Å². The number of nitrogens with zero attached hydrogens (tertiary/aromatic N) is 5. The second kappa shape index (κ2) is 11.0. The largest absolute Gasteiger partial charge is 0.494 e. The highest BCUT2D eigenvalue weighted by Gasteiger charge is 2.21. The average Bonchev–Trinajstić information content (AvgIpc) is 2.72. The number of hydrogen-bond donors (Lipinski definition) is 1. The van der Waals surface area contributed by atoms with Gasteiger partial charge in [-0.2, -0.15) is 0 Å². The molecule has 1 aromatic heterocycles. The van der Waals surface area contributed by atoms with Gasteiger partial charge < -0.3 is 19.9 Å². The number of nitrogens with one attached hydrogen (secondary N) is 1. The van der Waals surface area contributed by atoms with Crippen LogP contribution in [-0.4, -0.2) is 60.7 Å². The van der Waals surface area contributed by atoms with E-state index in [4.69, 9.17) is 4.74 Å². The molecule has 7 nitrogen and oxygen atoms in total. The van der Waals surface area contributed by atoms with Crippen LogP contribution in [0.3, 0.4) is 0 Å². The molecule has 0 saturated carbocycles. The van der Waals surface area contributed by atoms with E-state index < -0.39 is 0 Å². The molecule has 0 atom stereocenters. The van der Waals surface area contributed by atoms with Crippen LogP contribution in [0, 0.1) is 5.82 Å². The smallest absolute Gasteiger partial charge is 0.225 e. The first kappa shape index (κ1) is 22.1. The van der Waals surface area contributed by atoms with E-state index in [0.29, 0.717) is 6.54 Å². The van der Waals surface area contributed by atoms with Crippen LogP contribution in [-0.2, 0) is 6.54 Å². The number of piperazine rings is 1. The van der Waals surface area contributed by atoms with E-state index in [0.717, 1.165) is 50.2 Å². The molecule has 0 bridgehead atoms. The third kappa shape index (κ3) is 5.66. The summed E-state index contributed by atoms with van der Waals surface area (Å²) in [5.74, 6) is 1.47. The summed E-state index contributed by atoms with van der Waals surface area (Å²) in [7, 11) is 1.46. The summed E-state index contributed by atoms with van der Waals surface area (Å²) in [5, 5.41) is 3.32. The maximum atomic E-state index is 13.9. The highest BCUT2D eigenvalue weighted by Crippen LogP contribution is 2.18. The molecule has 1 aliphatic rings. The zero-order valence-electron chi connectivity index (χ0n) is 16.1. The molecular formula is C19H26FIN6O. The summed E-state index contributed by atoms with van der Waals surface area (Å²) in [5.41, 5.74) is 0.806. The van der Waals surface area contributed by atoms with Gasteiger partial charge in [-0.05, 0) is 30.7 Å². The second-order valence-corrected chi connectivity index (χ2v) is 6.16. The van der Waals surface area contributed by atoms with Gasteiger partial charge in [0.25, 0.3) is 0 Å². The van der Waals surface area contributed by atoms with Crippen molar-refractivity contribution in [1.82, 2.24) is 20.2 Å². The molecule has 28 heavy (non-hydrogen) atoms. The predicted octanol–water partition coefficient (Wildman–Crippen LogP) is 2.53. The number of ether oxygens (including phenoxy) is 1. The molecule has 1 aromatic carbocycles. The van der Waals surface area contributed by atoms with Crippen LogP contribution in [0.25, 0.3) is 0 Å². The molecule has 2 aromatic rings. The molecule has 3 rings (SSSR count). The molecule has 152 valence electrons. The van der Waals surface area contributed by atoms with Crippen molar-refractivity contribution in [3.05, 3.63) is 48.0 Å². The van der Waals surface area contributed by atoms with Crippen LogP contribution in [0.15, 0.2) is 41.7 Å². The molecule has 1 N–H and O–H groups in total. The van der Waals surface area contributed by atoms with Gasteiger partial charge in [-0.3, -0.25) is 0 Å². The topological polar surface area (TPSA) is 65.9 Å². The molecule has 2 heterocycles. The zero-order chi connectivity index (χ0) is 19.1. The van der Waals surface area contributed by atoms with Gasteiger partial charge in [-0.25, -0.2) is 19.4 Å². The number of benzene rings is 1. The van der Waals surface area contributed by atoms with Gasteiger partial charge in [0.1, 0.15) is 0 Å². The Hall–Kier alpha value is -2.17. The number of anilines is 1. The standard InChI is InChI=1S/C19H25FN6O.HI/c1-3-21-18(24-14-15-5-6-17(27-2)16(20)13-15)25-9-11-26(12-10-25)19-22-7-4-8-23-19;/h4-8,13H,3,9-12,14H2,1-2H3,(H,21,24);1H. The molecule has 0 spiro atoms. The fourth-order valence-corrected chi connectivity index (χ4v) is 2.97. The monoisotopic (exact) mass is 500 g/mol. The number of rotatable bonds is 5. The summed E-state index contributed by atoms with van der Waals surface area (Å²) < 4.78 is 18.8. The SMILES string of the molecule is CCNC(=NCc1ccc(OC)c(F)c1)N1CCN(c2ncccn2)CC1.I. The zero-order valence-corrected chi connectivity index (χ0v) is 18.5. The van der Waals surface area contributed by atoms with Crippen molar-refractivity contribution in [2.24, 2.45) is 4.99 Å². The van der Waals surface area contributed by atoms with Crippen LogP contribution in [0.2, 0.25) is 0 Å². The summed E-state index contributed by atoms with van der Waals surface area (Å²) in [6.07, 6.45) is 3.52. The van der Waals surface area contributed by atoms with Crippen LogP contribution >= 0.6 is 24.0 Å². The molecule has 9 heteroatoms. The van der Waals surface area contributed by atoms with Gasteiger partial charge in [-0.15, -0.1) is 24.0 Å². The lowest BCUT2D eigenvalue weighted by Crippen LogP contribution is -2.52. The third-order valence-electron chi connectivity index (χ3n) is 4.38. The fraction of sp³-hybridized carbons (Fsp3) is 0.421. The summed E-state index contributed by atoms with van der Waals surface area (Å²) in [4.78, 5) is 17.7. The first-order valence-electron chi connectivity index (χ1n) is 9.09. The fourth-order valence-electron chi connectivity index (χ4n) is 2.97. The van der Waals surface area contributed by atoms with Crippen molar-refractivity contribution >= 4 is 35.9 Å². The quantitative estimate of drug-likeness (QED) is 0.387. The number of methoxy groups -OCH3 is 1. The Morgan fingerprint density at radius 3 is 2.54 bits per heavy atom. The van der Waals surface area contributed by atoms with Crippen molar-refractivity contribution in [2.75, 3.05) is 44.7 Å². The van der Waals surface area contributed by atoms with Crippen molar-refractivity contribution in [3.8, 4) is 5.75 Å². The number of aromatic nitrogens is 2. The Labute approximate surface area is 182 Å². The van der Waals surface area contributed by atoms with Crippen molar-refractivity contribution in [1.29, 1.82) is 0 Å². The summed E-state index contributed by atoms with van der Waals surface area (Å²) in [6.45, 7) is 6.51. The minimum atomic E-state index is -0.369. The van der Waals surface area contributed by atoms with Crippen molar-refractivity contribution in [3.63, 3.8) is 0 Å². The first-order chi connectivity index (χ1) is 13.2. The average molecular weight is 500 g/mol. The van der Waals surface area contributed by atoms with E-state index in [-0.39, 0.29) is 35.5 Å². The van der Waals surface area contributed by atoms with Crippen molar-refractivity contribution < 1.29 is 9.13 Å². The van der Waals surface area contributed by atoms with Gasteiger partial charge in [0, 0.05) is 45.1 Å². The van der Waals surface area contributed by atoms with Gasteiger partial charge in [0.15, 0.2) is 17.5 Å². The Balaban J connectivity index is 0.00000280. The van der Waals surface area contributed by atoms with Crippen LogP contribution in [0.5, 0.6) is 5.75 Å². The van der Waals surface area contributed by atoms with E-state index in [1.807, 2.05) is 19.1 Å². The van der Waals surface area contributed by atoms with Gasteiger partial charge in [0.2, 0.25) is 5.95 Å². The van der Waals surface area contributed by atoms with E-state index in [9.17, 15) is 4.39 Å². The minimum Gasteiger partial charge on any atom is -0.494 e. The lowest BCUT2D eigenvalue weighted by molar-refractivity contribution is 0.370. The number of hydrogen-bond acceptors (Lipinski definition) is 5. The number of aliphatic imine (C=N–C) groups is 1. The Morgan fingerprint density at radius 2 is 1.93 bits per heavy atom. The summed E-state index contributed by atoms with van der Waals surface area (Å²) in [6, 6.07) is 6.75. The number of halogens is 2. The lowest BCUT2D eigenvalue weighted by atomic mass is 10.2. The Morgan fingerprint density at radius 1 is 1.21 bits per heavy atom. The maximum Gasteiger partial charge on any atom is 0.225 e. The lowest BCUT2D eigenvalue weighted by Gasteiger charge is -2.36. The van der Waals surface area contributed by atoms with Crippen molar-refractivity contribution in [2.45, 2.75) is 13.5 Å². The molecular weight excluding hydrogens is 474 g/mol. The molecule has 1 aliphatic heterocycles. The molecule has 1 fully saturated rings. The highest BCUT2D eigenvalue weighted by molar-refractivity contribution is 14.0. The predicted molar refractivity (Wildman–Crippen MR) is 119 cm³/mol. The van der Waals surface area contributed by atoms with Crippen LogP contribution in [0.4, 0.5) is 10.3 Å². The highest BCUT2D eigenvalue weighted by atomic mass is 127. The Bertz CT molecular complexity index is 768. The molecule has 0 amide bonds. The minimum absolute atomic E-state index is 0. The van der Waals surface area contributed by atoms with E-state index in [2.05, 4.69) is 30.1 Å². The molecule has 0 unspecified atom stereocenters. The Kier molecular flexibility index (Phi) is 8.68. The normalized spacial score (nSPS) is 14.5. The summed E-state index contributed by atoms with van der Waals surface area (Å²) >= 11 is 0. The molecule has 0 radical (unpaired) electrons. The first-order valence-corrected chi connectivity index (χ1v) is 9.09. The molecule has 0 aliphatic carbocycles. The second-order valence-electron chi connectivity index (χ2n) is 6.16. The van der Waals surface area contributed by atoms with Crippen LogP contribution in [0.1, 0.15) is 12.5 Å². The maximum absolute atomic E-state index is 13.9. The van der Waals surface area contributed by atoms with E-state index >= 15 is 0 Å². The van der Waals surface area contributed by atoms with Gasteiger partial charge in [-0.1, -0.05) is 6.07 Å². The molecule has 1 saturated heterocycles. The van der Waals surface area contributed by atoms with E-state index in [1.165, 1.54) is 13.2 Å². The number of guanidine groups is 1. The van der Waals surface area contributed by atoms with Gasteiger partial charge in [0.05, 0.1) is 13.7 Å². The van der Waals surface area contributed by atoms with E-state index in [1.54, 1.807) is 18.5 Å². The van der Waals surface area contributed by atoms with Gasteiger partial charge >= 0.3 is 0 Å².